The fourth-order valence-electron chi connectivity index (χ4n) is 3.81. The van der Waals surface area contributed by atoms with Crippen LogP contribution in [-0.4, -0.2) is 64.2 Å². The van der Waals surface area contributed by atoms with E-state index < -0.39 is 12.0 Å². The van der Waals surface area contributed by atoms with Crippen molar-refractivity contribution in [1.29, 1.82) is 0 Å². The van der Waals surface area contributed by atoms with Crippen LogP contribution in [0.1, 0.15) is 18.0 Å². The summed E-state index contributed by atoms with van der Waals surface area (Å²) in [5, 5.41) is 10.9. The molecule has 4 rings (SSSR count). The number of nitrogens with zero attached hydrogens (tertiary/aromatic N) is 4. The van der Waals surface area contributed by atoms with Gasteiger partial charge in [-0.25, -0.2) is 9.97 Å². The lowest BCUT2D eigenvalue weighted by molar-refractivity contribution is -0.143. The fraction of sp³-hybridized carbons (Fsp3) is 0.350. The predicted molar refractivity (Wildman–Crippen MR) is 106 cm³/mol. The highest BCUT2D eigenvalue weighted by molar-refractivity contribution is 5.90. The van der Waals surface area contributed by atoms with E-state index in [0.717, 1.165) is 29.4 Å². The van der Waals surface area contributed by atoms with E-state index in [2.05, 4.69) is 19.9 Å². The van der Waals surface area contributed by atoms with E-state index >= 15 is 0 Å². The average Bonchev–Trinajstić information content (AvgIpc) is 2.97. The molecule has 0 unspecified atom stereocenters. The monoisotopic (exact) mass is 381 g/mol. The largest absolute Gasteiger partial charge is 0.497 e. The number of nitrogens with one attached hydrogen (secondary N) is 1. The van der Waals surface area contributed by atoms with Crippen LogP contribution < -0.4 is 9.64 Å². The zero-order valence-corrected chi connectivity index (χ0v) is 15.7. The van der Waals surface area contributed by atoms with Gasteiger partial charge in [-0.15, -0.1) is 0 Å². The minimum absolute atomic E-state index is 0.617. The van der Waals surface area contributed by atoms with Gasteiger partial charge in [0.2, 0.25) is 5.95 Å². The molecule has 1 saturated heterocycles. The van der Waals surface area contributed by atoms with E-state index in [-0.39, 0.29) is 0 Å². The number of carboxylic acid groups (broad SMARTS) is 1. The van der Waals surface area contributed by atoms with E-state index in [0.29, 0.717) is 31.3 Å². The molecule has 0 saturated carbocycles. The van der Waals surface area contributed by atoms with E-state index in [1.54, 1.807) is 31.8 Å². The van der Waals surface area contributed by atoms with Gasteiger partial charge in [-0.3, -0.25) is 9.69 Å². The molecule has 0 amide bonds. The summed E-state index contributed by atoms with van der Waals surface area (Å²) < 4.78 is 5.32. The molecule has 2 aromatic heterocycles. The summed E-state index contributed by atoms with van der Waals surface area (Å²) in [6, 6.07) is 6.73. The minimum Gasteiger partial charge on any atom is -0.497 e. The first-order valence-corrected chi connectivity index (χ1v) is 9.31. The summed E-state index contributed by atoms with van der Waals surface area (Å²) in [5.41, 5.74) is 1.65. The van der Waals surface area contributed by atoms with Gasteiger partial charge in [-0.1, -0.05) is 0 Å². The van der Waals surface area contributed by atoms with Crippen LogP contribution in [0.4, 0.5) is 5.95 Å². The quantitative estimate of drug-likeness (QED) is 0.700. The number of hydrogen-bond acceptors (Lipinski definition) is 6. The summed E-state index contributed by atoms with van der Waals surface area (Å²) in [5.74, 6) is 0.543. The number of anilines is 1. The number of aliphatic carboxylic acids is 1. The smallest absolute Gasteiger partial charge is 0.325 e. The van der Waals surface area contributed by atoms with Crippen molar-refractivity contribution in [1.82, 2.24) is 19.9 Å². The molecule has 2 N–H and O–H groups in total. The van der Waals surface area contributed by atoms with Gasteiger partial charge < -0.3 is 19.7 Å². The van der Waals surface area contributed by atoms with Crippen molar-refractivity contribution in [2.75, 3.05) is 38.2 Å². The van der Waals surface area contributed by atoms with Crippen molar-refractivity contribution >= 4 is 22.8 Å². The molecule has 1 atom stereocenters. The van der Waals surface area contributed by atoms with Crippen molar-refractivity contribution < 1.29 is 14.6 Å². The number of aromatic nitrogens is 3. The molecule has 8 nitrogen and oxygen atoms in total. The first kappa shape index (κ1) is 18.2. The van der Waals surface area contributed by atoms with Crippen molar-refractivity contribution in [2.45, 2.75) is 12.5 Å². The van der Waals surface area contributed by atoms with Crippen molar-refractivity contribution in [3.8, 4) is 5.75 Å². The molecule has 3 heterocycles. The molecule has 1 aromatic carbocycles. The molecular weight excluding hydrogens is 358 g/mol. The Morgan fingerprint density at radius 1 is 1.21 bits per heavy atom. The summed E-state index contributed by atoms with van der Waals surface area (Å²) in [6.45, 7) is 2.79. The Morgan fingerprint density at radius 2 is 2.04 bits per heavy atom. The highest BCUT2D eigenvalue weighted by Gasteiger charge is 2.31. The zero-order chi connectivity index (χ0) is 19.5. The van der Waals surface area contributed by atoms with Crippen LogP contribution in [0.5, 0.6) is 5.75 Å². The Bertz CT molecular complexity index is 959. The average molecular weight is 381 g/mol. The summed E-state index contributed by atoms with van der Waals surface area (Å²) in [7, 11) is 1.61. The van der Waals surface area contributed by atoms with Gasteiger partial charge in [-0.2, -0.15) is 0 Å². The lowest BCUT2D eigenvalue weighted by atomic mass is 10.0. The van der Waals surface area contributed by atoms with E-state index in [9.17, 15) is 9.90 Å². The van der Waals surface area contributed by atoms with Crippen molar-refractivity contribution in [3.63, 3.8) is 0 Å². The van der Waals surface area contributed by atoms with Crippen molar-refractivity contribution in [2.24, 2.45) is 0 Å². The van der Waals surface area contributed by atoms with E-state index in [4.69, 9.17) is 4.74 Å². The number of aromatic amines is 1. The molecular formula is C20H23N5O3. The molecule has 0 bridgehead atoms. The SMILES string of the molecule is COc1ccc2[nH]cc([C@H](C(=O)O)N3CCCN(c4ncccn4)CC3)c2c1. The van der Waals surface area contributed by atoms with Crippen molar-refractivity contribution in [3.05, 3.63) is 48.4 Å². The minimum atomic E-state index is -0.854. The summed E-state index contributed by atoms with van der Waals surface area (Å²) in [6.07, 6.45) is 6.09. The third-order valence-electron chi connectivity index (χ3n) is 5.18. The maximum Gasteiger partial charge on any atom is 0.325 e. The molecule has 3 aromatic rings. The molecule has 0 aliphatic carbocycles. The Kier molecular flexibility index (Phi) is 5.12. The molecule has 28 heavy (non-hydrogen) atoms. The summed E-state index contributed by atoms with van der Waals surface area (Å²) in [4.78, 5) is 28.2. The molecule has 1 aliphatic heterocycles. The van der Waals surface area contributed by atoms with Gasteiger partial charge in [0, 0.05) is 61.2 Å². The first-order chi connectivity index (χ1) is 13.7. The molecule has 0 radical (unpaired) electrons. The topological polar surface area (TPSA) is 94.6 Å². The van der Waals surface area contributed by atoms with E-state index in [1.165, 1.54) is 0 Å². The number of H-pyrrole nitrogens is 1. The van der Waals surface area contributed by atoms with Crippen LogP contribution >= 0.6 is 0 Å². The van der Waals surface area contributed by atoms with Crippen LogP contribution in [0.15, 0.2) is 42.9 Å². The Morgan fingerprint density at radius 3 is 2.79 bits per heavy atom. The second-order valence-corrected chi connectivity index (χ2v) is 6.82. The van der Waals surface area contributed by atoms with Gasteiger partial charge in [-0.05, 0) is 30.7 Å². The van der Waals surface area contributed by atoms with Crippen LogP contribution in [0.3, 0.4) is 0 Å². The zero-order valence-electron chi connectivity index (χ0n) is 15.7. The predicted octanol–water partition coefficient (Wildman–Crippen LogP) is 2.30. The van der Waals surface area contributed by atoms with Crippen LogP contribution in [-0.2, 0) is 4.79 Å². The molecule has 8 heteroatoms. The van der Waals surface area contributed by atoms with Crippen LogP contribution in [0.2, 0.25) is 0 Å². The van der Waals surface area contributed by atoms with Gasteiger partial charge in [0.1, 0.15) is 11.8 Å². The maximum atomic E-state index is 12.2. The third kappa shape index (κ3) is 3.50. The number of carbonyl (C=O) groups is 1. The summed E-state index contributed by atoms with van der Waals surface area (Å²) >= 11 is 0. The molecule has 1 fully saturated rings. The van der Waals surface area contributed by atoms with Crippen LogP contribution in [0, 0.1) is 0 Å². The maximum absolute atomic E-state index is 12.2. The molecule has 146 valence electrons. The Labute approximate surface area is 162 Å². The first-order valence-electron chi connectivity index (χ1n) is 9.31. The number of ether oxygens (including phenoxy) is 1. The number of methoxy groups -OCH3 is 1. The Hall–Kier alpha value is -3.13. The fourth-order valence-corrected chi connectivity index (χ4v) is 3.81. The number of hydrogen-bond donors (Lipinski definition) is 2. The lowest BCUT2D eigenvalue weighted by Gasteiger charge is -2.27. The number of fused-ring (bicyclic) bond motifs is 1. The van der Waals surface area contributed by atoms with Gasteiger partial charge in [0.05, 0.1) is 7.11 Å². The second-order valence-electron chi connectivity index (χ2n) is 6.82. The van der Waals surface area contributed by atoms with Gasteiger partial charge >= 0.3 is 5.97 Å². The second kappa shape index (κ2) is 7.85. The number of benzene rings is 1. The standard InChI is InChI=1S/C20H23N5O3/c1-28-14-4-5-17-15(12-14)16(13-23-17)18(19(26)27)24-8-3-9-25(11-10-24)20-21-6-2-7-22-20/h2,4-7,12-13,18,23H,3,8-11H2,1H3,(H,26,27)/t18-/m1/s1. The Balaban J connectivity index is 1.61. The van der Waals surface area contributed by atoms with Gasteiger partial charge in [0.15, 0.2) is 0 Å². The molecule has 1 aliphatic rings. The lowest BCUT2D eigenvalue weighted by Crippen LogP contribution is -2.37. The normalized spacial score (nSPS) is 16.7. The van der Waals surface area contributed by atoms with Crippen LogP contribution in [0.25, 0.3) is 10.9 Å². The van der Waals surface area contributed by atoms with E-state index in [1.807, 2.05) is 23.1 Å². The molecule has 0 spiro atoms. The van der Waals surface area contributed by atoms with Gasteiger partial charge in [0.25, 0.3) is 0 Å². The number of rotatable bonds is 5. The number of carboxylic acids is 1. The highest BCUT2D eigenvalue weighted by Crippen LogP contribution is 2.32. The highest BCUT2D eigenvalue weighted by atomic mass is 16.5. The third-order valence-corrected chi connectivity index (χ3v) is 5.18.